The molecule has 2 aromatic rings. The van der Waals surface area contributed by atoms with E-state index < -0.39 is 0 Å². The van der Waals surface area contributed by atoms with Gasteiger partial charge >= 0.3 is 0 Å². The predicted octanol–water partition coefficient (Wildman–Crippen LogP) is 1.73. The number of anilines is 1. The van der Waals surface area contributed by atoms with Crippen LogP contribution >= 0.6 is 11.6 Å². The normalized spacial score (nSPS) is 15.2. The summed E-state index contributed by atoms with van der Waals surface area (Å²) < 4.78 is 1.38. The van der Waals surface area contributed by atoms with E-state index in [9.17, 15) is 4.79 Å². The minimum absolute atomic E-state index is 0.130. The van der Waals surface area contributed by atoms with Gasteiger partial charge in [0.05, 0.1) is 36.5 Å². The summed E-state index contributed by atoms with van der Waals surface area (Å²) in [6.07, 6.45) is 8.36. The number of nitrogens with zero attached hydrogens (tertiary/aromatic N) is 5. The van der Waals surface area contributed by atoms with Crippen LogP contribution in [-0.4, -0.2) is 32.8 Å². The smallest absolute Gasteiger partial charge is 0.269 e. The van der Waals surface area contributed by atoms with Crippen molar-refractivity contribution in [3.05, 3.63) is 45.9 Å². The van der Waals surface area contributed by atoms with E-state index in [0.29, 0.717) is 17.4 Å². The van der Waals surface area contributed by atoms with Gasteiger partial charge in [0.1, 0.15) is 5.15 Å². The van der Waals surface area contributed by atoms with Crippen LogP contribution in [0, 0.1) is 0 Å². The van der Waals surface area contributed by atoms with E-state index in [0.717, 1.165) is 18.8 Å². The Kier molecular flexibility index (Phi) is 4.15. The summed E-state index contributed by atoms with van der Waals surface area (Å²) >= 11 is 5.69. The first kappa shape index (κ1) is 14.0. The topological polar surface area (TPSA) is 63.9 Å². The maximum Gasteiger partial charge on any atom is 0.269 e. The largest absolute Gasteiger partial charge is 0.370 e. The van der Waals surface area contributed by atoms with Crippen LogP contribution in [-0.2, 0) is 6.54 Å². The van der Waals surface area contributed by atoms with Crippen LogP contribution in [0.5, 0.6) is 0 Å². The van der Waals surface area contributed by atoms with Gasteiger partial charge in [0.2, 0.25) is 0 Å². The zero-order valence-corrected chi connectivity index (χ0v) is 12.3. The van der Waals surface area contributed by atoms with E-state index in [1.807, 2.05) is 0 Å². The molecule has 2 aromatic heterocycles. The van der Waals surface area contributed by atoms with Gasteiger partial charge in [-0.2, -0.15) is 5.10 Å². The van der Waals surface area contributed by atoms with E-state index in [4.69, 9.17) is 11.6 Å². The lowest BCUT2D eigenvalue weighted by atomic mass is 10.1. The monoisotopic (exact) mass is 305 g/mol. The van der Waals surface area contributed by atoms with Crippen molar-refractivity contribution in [2.24, 2.45) is 0 Å². The van der Waals surface area contributed by atoms with Crippen molar-refractivity contribution in [1.82, 2.24) is 19.7 Å². The molecule has 1 aliphatic rings. The molecule has 0 N–H and O–H groups in total. The molecular weight excluding hydrogens is 290 g/mol. The van der Waals surface area contributed by atoms with Crippen molar-refractivity contribution in [3.8, 4) is 0 Å². The third kappa shape index (κ3) is 3.39. The minimum Gasteiger partial charge on any atom is -0.370 e. The van der Waals surface area contributed by atoms with Crippen molar-refractivity contribution in [2.45, 2.75) is 25.8 Å². The van der Waals surface area contributed by atoms with Gasteiger partial charge in [0.25, 0.3) is 5.56 Å². The molecule has 3 rings (SSSR count). The van der Waals surface area contributed by atoms with Gasteiger partial charge in [-0.3, -0.25) is 9.78 Å². The van der Waals surface area contributed by atoms with Gasteiger partial charge < -0.3 is 4.90 Å². The molecule has 3 heterocycles. The molecule has 0 unspecified atom stereocenters. The molecule has 0 spiro atoms. The Balaban J connectivity index is 1.77. The summed E-state index contributed by atoms with van der Waals surface area (Å²) in [5.41, 5.74) is 1.42. The second kappa shape index (κ2) is 6.22. The lowest BCUT2D eigenvalue weighted by Gasteiger charge is -2.28. The van der Waals surface area contributed by atoms with Crippen LogP contribution in [0.25, 0.3) is 0 Å². The standard InChI is InChI=1S/C14H16ClN5O/c15-13-9-16-11(7-17-13)10-20-14(21)6-12(8-18-20)19-4-2-1-3-5-19/h6-9H,1-5,10H2. The van der Waals surface area contributed by atoms with Crippen molar-refractivity contribution in [1.29, 1.82) is 0 Å². The van der Waals surface area contributed by atoms with E-state index in [1.165, 1.54) is 30.1 Å². The Bertz CT molecular complexity index is 664. The molecule has 110 valence electrons. The van der Waals surface area contributed by atoms with Crippen molar-refractivity contribution >= 4 is 17.3 Å². The molecule has 0 aliphatic carbocycles. The van der Waals surface area contributed by atoms with Crippen LogP contribution in [0.3, 0.4) is 0 Å². The molecule has 1 fully saturated rings. The van der Waals surface area contributed by atoms with E-state index in [1.54, 1.807) is 18.5 Å². The fourth-order valence-corrected chi connectivity index (χ4v) is 2.54. The Morgan fingerprint density at radius 1 is 1.10 bits per heavy atom. The summed E-state index contributed by atoms with van der Waals surface area (Å²) in [5.74, 6) is 0. The number of piperidine rings is 1. The van der Waals surface area contributed by atoms with Gasteiger partial charge in [-0.25, -0.2) is 9.67 Å². The molecule has 0 saturated carbocycles. The summed E-state index contributed by atoms with van der Waals surface area (Å²) in [4.78, 5) is 22.4. The van der Waals surface area contributed by atoms with Gasteiger partial charge in [0, 0.05) is 19.2 Å². The maximum atomic E-state index is 12.2. The van der Waals surface area contributed by atoms with Gasteiger partial charge in [-0.05, 0) is 19.3 Å². The number of aromatic nitrogens is 4. The van der Waals surface area contributed by atoms with E-state index in [2.05, 4.69) is 20.0 Å². The SMILES string of the molecule is O=c1cc(N2CCCCC2)cnn1Cc1cnc(Cl)cn1. The molecule has 0 radical (unpaired) electrons. The Labute approximate surface area is 127 Å². The summed E-state index contributed by atoms with van der Waals surface area (Å²) in [5, 5.41) is 4.57. The molecule has 21 heavy (non-hydrogen) atoms. The predicted molar refractivity (Wildman–Crippen MR) is 80.7 cm³/mol. The third-order valence-corrected chi connectivity index (χ3v) is 3.76. The van der Waals surface area contributed by atoms with Crippen molar-refractivity contribution in [3.63, 3.8) is 0 Å². The van der Waals surface area contributed by atoms with Crippen LogP contribution < -0.4 is 10.5 Å². The molecule has 0 bridgehead atoms. The fraction of sp³-hybridized carbons (Fsp3) is 0.429. The lowest BCUT2D eigenvalue weighted by Crippen LogP contribution is -2.32. The number of hydrogen-bond acceptors (Lipinski definition) is 5. The van der Waals surface area contributed by atoms with E-state index in [-0.39, 0.29) is 5.56 Å². The highest BCUT2D eigenvalue weighted by Crippen LogP contribution is 2.16. The molecular formula is C14H16ClN5O. The van der Waals surface area contributed by atoms with Gasteiger partial charge in [-0.15, -0.1) is 0 Å². The molecule has 0 atom stereocenters. The Hall–Kier alpha value is -1.95. The molecule has 7 heteroatoms. The first-order valence-electron chi connectivity index (χ1n) is 7.01. The molecule has 6 nitrogen and oxygen atoms in total. The van der Waals surface area contributed by atoms with Gasteiger partial charge in [0.15, 0.2) is 0 Å². The first-order chi connectivity index (χ1) is 10.2. The minimum atomic E-state index is -0.130. The second-order valence-electron chi connectivity index (χ2n) is 5.09. The quantitative estimate of drug-likeness (QED) is 0.864. The first-order valence-corrected chi connectivity index (χ1v) is 7.39. The van der Waals surface area contributed by atoms with Crippen LogP contribution in [0.4, 0.5) is 5.69 Å². The number of rotatable bonds is 3. The molecule has 0 aromatic carbocycles. The molecule has 0 amide bonds. The molecule has 1 aliphatic heterocycles. The summed E-state index contributed by atoms with van der Waals surface area (Å²) in [6.45, 7) is 2.28. The summed E-state index contributed by atoms with van der Waals surface area (Å²) in [7, 11) is 0. The van der Waals surface area contributed by atoms with E-state index >= 15 is 0 Å². The average molecular weight is 306 g/mol. The second-order valence-corrected chi connectivity index (χ2v) is 5.48. The zero-order valence-electron chi connectivity index (χ0n) is 11.6. The Morgan fingerprint density at radius 2 is 1.90 bits per heavy atom. The van der Waals surface area contributed by atoms with Crippen LogP contribution in [0.15, 0.2) is 29.5 Å². The highest BCUT2D eigenvalue weighted by atomic mass is 35.5. The third-order valence-electron chi connectivity index (χ3n) is 3.56. The maximum absolute atomic E-state index is 12.2. The summed E-state index contributed by atoms with van der Waals surface area (Å²) in [6, 6.07) is 1.64. The highest BCUT2D eigenvalue weighted by Gasteiger charge is 2.12. The van der Waals surface area contributed by atoms with Crippen molar-refractivity contribution < 1.29 is 0 Å². The molecule has 1 saturated heterocycles. The average Bonchev–Trinajstić information content (AvgIpc) is 2.52. The van der Waals surface area contributed by atoms with Crippen LogP contribution in [0.1, 0.15) is 25.0 Å². The highest BCUT2D eigenvalue weighted by molar-refractivity contribution is 6.29. The number of hydrogen-bond donors (Lipinski definition) is 0. The fourth-order valence-electron chi connectivity index (χ4n) is 2.44. The lowest BCUT2D eigenvalue weighted by molar-refractivity contribution is 0.570. The number of halogens is 1. The van der Waals surface area contributed by atoms with Gasteiger partial charge in [-0.1, -0.05) is 11.6 Å². The van der Waals surface area contributed by atoms with Crippen molar-refractivity contribution in [2.75, 3.05) is 18.0 Å². The zero-order chi connectivity index (χ0) is 14.7. The van der Waals surface area contributed by atoms with Crippen LogP contribution in [0.2, 0.25) is 5.15 Å². The Morgan fingerprint density at radius 3 is 2.57 bits per heavy atom.